The minimum absolute atomic E-state index is 0.154. The minimum Gasteiger partial charge on any atom is -0.468 e. The van der Waals surface area contributed by atoms with E-state index in [0.29, 0.717) is 0 Å². The first-order valence-corrected chi connectivity index (χ1v) is 6.74. The van der Waals surface area contributed by atoms with Crippen LogP contribution in [0.1, 0.15) is 33.1 Å². The van der Waals surface area contributed by atoms with Gasteiger partial charge in [0.25, 0.3) is 0 Å². The summed E-state index contributed by atoms with van der Waals surface area (Å²) >= 11 is 0. The maximum atomic E-state index is 11.6. The molecule has 0 radical (unpaired) electrons. The van der Waals surface area contributed by atoms with Crippen LogP contribution in [0.25, 0.3) is 0 Å². The molecule has 0 aromatic carbocycles. The normalized spacial score (nSPS) is 17.9. The van der Waals surface area contributed by atoms with Crippen LogP contribution in [0.15, 0.2) is 0 Å². The lowest BCUT2D eigenvalue weighted by molar-refractivity contribution is -0.143. The van der Waals surface area contributed by atoms with E-state index < -0.39 is 0 Å². The van der Waals surface area contributed by atoms with Crippen molar-refractivity contribution < 1.29 is 9.53 Å². The number of likely N-dealkylation sites (N-methyl/N-ethyl adjacent to an activating group) is 2. The molecular formula is C13H26N2O2. The molecule has 1 N–H and O–H groups in total. The molecule has 17 heavy (non-hydrogen) atoms. The van der Waals surface area contributed by atoms with E-state index in [1.54, 1.807) is 0 Å². The lowest BCUT2D eigenvalue weighted by atomic mass is 9.85. The van der Waals surface area contributed by atoms with E-state index >= 15 is 0 Å². The van der Waals surface area contributed by atoms with Crippen LogP contribution in [0.4, 0.5) is 0 Å². The van der Waals surface area contributed by atoms with Gasteiger partial charge in [0.05, 0.1) is 7.11 Å². The Bertz CT molecular complexity index is 229. The number of nitrogens with zero attached hydrogens (tertiary/aromatic N) is 1. The number of hydrogen-bond acceptors (Lipinski definition) is 4. The summed E-state index contributed by atoms with van der Waals surface area (Å²) < 4.78 is 4.83. The quantitative estimate of drug-likeness (QED) is 0.651. The molecule has 0 bridgehead atoms. The molecule has 0 aromatic rings. The lowest BCUT2D eigenvalue weighted by Crippen LogP contribution is -2.48. The Morgan fingerprint density at radius 1 is 1.47 bits per heavy atom. The second kappa shape index (κ2) is 7.67. The summed E-state index contributed by atoms with van der Waals surface area (Å²) in [4.78, 5) is 14.0. The van der Waals surface area contributed by atoms with Gasteiger partial charge in [0.2, 0.25) is 0 Å². The number of carbonyl (C=O) groups excluding carboxylic acids is 1. The average Bonchev–Trinajstić information content (AvgIpc) is 2.29. The van der Waals surface area contributed by atoms with E-state index in [1.165, 1.54) is 26.4 Å². The standard InChI is InChI=1S/C13H26N2O2/c1-4-14-12(13(16)17-3)10-15(5-2)9-11-7-6-8-11/h11-12,14H,4-10H2,1-3H3. The number of hydrogen-bond donors (Lipinski definition) is 1. The van der Waals surface area contributed by atoms with Crippen molar-refractivity contribution in [3.63, 3.8) is 0 Å². The van der Waals surface area contributed by atoms with Crippen molar-refractivity contribution >= 4 is 5.97 Å². The summed E-state index contributed by atoms with van der Waals surface area (Å²) in [5.74, 6) is 0.689. The summed E-state index contributed by atoms with van der Waals surface area (Å²) in [7, 11) is 1.45. The van der Waals surface area contributed by atoms with Crippen molar-refractivity contribution in [3.05, 3.63) is 0 Å². The third-order valence-corrected chi connectivity index (χ3v) is 3.57. The van der Waals surface area contributed by atoms with Crippen LogP contribution in [0.2, 0.25) is 0 Å². The van der Waals surface area contributed by atoms with Crippen molar-refractivity contribution in [1.29, 1.82) is 0 Å². The second-order valence-electron chi connectivity index (χ2n) is 4.78. The van der Waals surface area contributed by atoms with Crippen LogP contribution in [-0.2, 0) is 9.53 Å². The Morgan fingerprint density at radius 2 is 2.18 bits per heavy atom. The molecule has 0 amide bonds. The van der Waals surface area contributed by atoms with E-state index in [4.69, 9.17) is 4.74 Å². The van der Waals surface area contributed by atoms with Gasteiger partial charge in [-0.15, -0.1) is 0 Å². The van der Waals surface area contributed by atoms with Gasteiger partial charge in [-0.25, -0.2) is 0 Å². The lowest BCUT2D eigenvalue weighted by Gasteiger charge is -2.33. The van der Waals surface area contributed by atoms with Crippen molar-refractivity contribution in [3.8, 4) is 0 Å². The first-order valence-electron chi connectivity index (χ1n) is 6.74. The summed E-state index contributed by atoms with van der Waals surface area (Å²) in [6.45, 7) is 7.83. The number of ether oxygens (including phenoxy) is 1. The first-order chi connectivity index (χ1) is 8.21. The topological polar surface area (TPSA) is 41.6 Å². The molecule has 4 nitrogen and oxygen atoms in total. The number of rotatable bonds is 8. The van der Waals surface area contributed by atoms with Crippen molar-refractivity contribution in [2.24, 2.45) is 5.92 Å². The molecule has 1 aliphatic carbocycles. The van der Waals surface area contributed by atoms with Gasteiger partial charge in [0, 0.05) is 13.1 Å². The number of methoxy groups -OCH3 is 1. The Morgan fingerprint density at radius 3 is 2.59 bits per heavy atom. The minimum atomic E-state index is -0.190. The van der Waals surface area contributed by atoms with Crippen LogP contribution in [0, 0.1) is 5.92 Å². The van der Waals surface area contributed by atoms with Crippen molar-refractivity contribution in [2.45, 2.75) is 39.2 Å². The van der Waals surface area contributed by atoms with Gasteiger partial charge in [-0.05, 0) is 31.8 Å². The highest BCUT2D eigenvalue weighted by Crippen LogP contribution is 2.27. The largest absolute Gasteiger partial charge is 0.468 e. The van der Waals surface area contributed by atoms with Crippen LogP contribution >= 0.6 is 0 Å². The summed E-state index contributed by atoms with van der Waals surface area (Å²) in [5, 5.41) is 3.19. The highest BCUT2D eigenvalue weighted by atomic mass is 16.5. The molecular weight excluding hydrogens is 216 g/mol. The second-order valence-corrected chi connectivity index (χ2v) is 4.78. The number of nitrogens with one attached hydrogen (secondary N) is 1. The summed E-state index contributed by atoms with van der Waals surface area (Å²) in [5.41, 5.74) is 0. The van der Waals surface area contributed by atoms with Crippen LogP contribution in [-0.4, -0.2) is 50.2 Å². The van der Waals surface area contributed by atoms with E-state index in [2.05, 4.69) is 17.1 Å². The van der Waals surface area contributed by atoms with E-state index in [-0.39, 0.29) is 12.0 Å². The van der Waals surface area contributed by atoms with Gasteiger partial charge >= 0.3 is 5.97 Å². The predicted octanol–water partition coefficient (Wildman–Crippen LogP) is 1.26. The molecule has 1 atom stereocenters. The van der Waals surface area contributed by atoms with E-state index in [0.717, 1.165) is 32.1 Å². The van der Waals surface area contributed by atoms with Crippen LogP contribution in [0.5, 0.6) is 0 Å². The molecule has 0 saturated heterocycles. The molecule has 1 saturated carbocycles. The fraction of sp³-hybridized carbons (Fsp3) is 0.923. The van der Waals surface area contributed by atoms with Gasteiger partial charge in [0.1, 0.15) is 6.04 Å². The molecule has 1 aliphatic rings. The monoisotopic (exact) mass is 242 g/mol. The highest BCUT2D eigenvalue weighted by Gasteiger charge is 2.24. The maximum absolute atomic E-state index is 11.6. The van der Waals surface area contributed by atoms with E-state index in [9.17, 15) is 4.79 Å². The molecule has 1 rings (SSSR count). The highest BCUT2D eigenvalue weighted by molar-refractivity contribution is 5.75. The zero-order valence-corrected chi connectivity index (χ0v) is 11.4. The molecule has 0 aliphatic heterocycles. The molecule has 1 fully saturated rings. The molecule has 0 aromatic heterocycles. The maximum Gasteiger partial charge on any atom is 0.324 e. The third-order valence-electron chi connectivity index (χ3n) is 3.57. The summed E-state index contributed by atoms with van der Waals surface area (Å²) in [6, 6.07) is -0.190. The van der Waals surface area contributed by atoms with Crippen molar-refractivity contribution in [2.75, 3.05) is 33.3 Å². The summed E-state index contributed by atoms with van der Waals surface area (Å²) in [6.07, 6.45) is 4.07. The van der Waals surface area contributed by atoms with Gasteiger partial charge in [-0.3, -0.25) is 4.79 Å². The zero-order valence-electron chi connectivity index (χ0n) is 11.4. The molecule has 100 valence electrons. The van der Waals surface area contributed by atoms with Gasteiger partial charge < -0.3 is 15.0 Å². The SMILES string of the molecule is CCNC(CN(CC)CC1CCC1)C(=O)OC. The van der Waals surface area contributed by atoms with Gasteiger partial charge in [-0.2, -0.15) is 0 Å². The van der Waals surface area contributed by atoms with Crippen molar-refractivity contribution in [1.82, 2.24) is 10.2 Å². The Hall–Kier alpha value is -0.610. The van der Waals surface area contributed by atoms with Crippen LogP contribution in [0.3, 0.4) is 0 Å². The Labute approximate surface area is 105 Å². The number of carbonyl (C=O) groups is 1. The molecule has 1 unspecified atom stereocenters. The molecule has 0 heterocycles. The smallest absolute Gasteiger partial charge is 0.324 e. The molecule has 4 heteroatoms. The van der Waals surface area contributed by atoms with Crippen LogP contribution < -0.4 is 5.32 Å². The first kappa shape index (κ1) is 14.5. The Balaban J connectivity index is 2.40. The predicted molar refractivity (Wildman–Crippen MR) is 68.9 cm³/mol. The van der Waals surface area contributed by atoms with E-state index in [1.807, 2.05) is 6.92 Å². The third kappa shape index (κ3) is 4.64. The van der Waals surface area contributed by atoms with Gasteiger partial charge in [0.15, 0.2) is 0 Å². The van der Waals surface area contributed by atoms with Gasteiger partial charge in [-0.1, -0.05) is 20.3 Å². The fourth-order valence-corrected chi connectivity index (χ4v) is 2.24. The average molecular weight is 242 g/mol. The molecule has 0 spiro atoms. The fourth-order valence-electron chi connectivity index (χ4n) is 2.24. The number of esters is 1. The zero-order chi connectivity index (χ0) is 12.7. The Kier molecular flexibility index (Phi) is 6.52.